The number of piperidine rings is 1. The van der Waals surface area contributed by atoms with Crippen molar-refractivity contribution in [1.82, 2.24) is 4.90 Å². The lowest BCUT2D eigenvalue weighted by molar-refractivity contribution is 0.0310. The molecule has 1 rings (SSSR count). The molecule has 1 saturated heterocycles. The van der Waals surface area contributed by atoms with E-state index in [4.69, 9.17) is 5.73 Å². The van der Waals surface area contributed by atoms with Crippen LogP contribution in [-0.4, -0.2) is 35.7 Å². The molecule has 3 atom stereocenters. The third-order valence-corrected chi connectivity index (χ3v) is 3.88. The Balaban J connectivity index is 2.61. The minimum absolute atomic E-state index is 0.215. The molecule has 0 aliphatic carbocycles. The molecule has 1 heterocycles. The van der Waals surface area contributed by atoms with Crippen molar-refractivity contribution in [2.45, 2.75) is 64.2 Å². The van der Waals surface area contributed by atoms with Crippen molar-refractivity contribution in [2.75, 3.05) is 13.1 Å². The first-order valence-corrected chi connectivity index (χ1v) is 6.18. The molecule has 2 nitrogen and oxygen atoms in total. The summed E-state index contributed by atoms with van der Waals surface area (Å²) < 4.78 is 13.3. The van der Waals surface area contributed by atoms with Gasteiger partial charge >= 0.3 is 0 Å². The Hall–Kier alpha value is -0.150. The van der Waals surface area contributed by atoms with Crippen molar-refractivity contribution in [3.8, 4) is 0 Å². The smallest absolute Gasteiger partial charge is 0.118 e. The second-order valence-electron chi connectivity index (χ2n) is 5.02. The molecule has 0 aromatic carbocycles. The summed E-state index contributed by atoms with van der Waals surface area (Å²) in [5.74, 6) is 0. The van der Waals surface area contributed by atoms with Gasteiger partial charge in [-0.05, 0) is 26.2 Å². The number of nitrogens with two attached hydrogens (primary N) is 1. The summed E-state index contributed by atoms with van der Waals surface area (Å²) in [6.07, 6.45) is 3.26. The van der Waals surface area contributed by atoms with Crippen LogP contribution in [-0.2, 0) is 0 Å². The van der Waals surface area contributed by atoms with E-state index < -0.39 is 6.17 Å². The lowest BCUT2D eigenvalue weighted by Crippen LogP contribution is -2.57. The van der Waals surface area contributed by atoms with E-state index >= 15 is 0 Å². The van der Waals surface area contributed by atoms with Gasteiger partial charge in [0.05, 0.1) is 0 Å². The molecular formula is C12H25FN2. The van der Waals surface area contributed by atoms with Gasteiger partial charge in [-0.25, -0.2) is 4.39 Å². The monoisotopic (exact) mass is 216 g/mol. The summed E-state index contributed by atoms with van der Waals surface area (Å²) in [5, 5.41) is 0. The first-order chi connectivity index (χ1) is 7.03. The predicted molar refractivity (Wildman–Crippen MR) is 62.7 cm³/mol. The summed E-state index contributed by atoms with van der Waals surface area (Å²) >= 11 is 0. The molecule has 3 heteroatoms. The van der Waals surface area contributed by atoms with Crippen LogP contribution in [0.15, 0.2) is 0 Å². The van der Waals surface area contributed by atoms with Gasteiger partial charge in [-0.15, -0.1) is 0 Å². The van der Waals surface area contributed by atoms with Crippen molar-refractivity contribution in [3.63, 3.8) is 0 Å². The van der Waals surface area contributed by atoms with Crippen molar-refractivity contribution in [1.29, 1.82) is 0 Å². The quantitative estimate of drug-likeness (QED) is 0.781. The average molecular weight is 216 g/mol. The number of halogens is 1. The van der Waals surface area contributed by atoms with Gasteiger partial charge in [0.25, 0.3) is 0 Å². The van der Waals surface area contributed by atoms with Crippen LogP contribution in [0.3, 0.4) is 0 Å². The van der Waals surface area contributed by atoms with Gasteiger partial charge in [-0.2, -0.15) is 0 Å². The molecule has 2 N–H and O–H groups in total. The Kier molecular flexibility index (Phi) is 4.53. The second-order valence-corrected chi connectivity index (χ2v) is 5.02. The molecule has 1 aliphatic heterocycles. The first kappa shape index (κ1) is 12.9. The van der Waals surface area contributed by atoms with Gasteiger partial charge in [0.1, 0.15) is 6.17 Å². The standard InChI is InChI=1S/C12H25FN2/c1-4-7-12(3,5-2)15-8-6-10(13)11(14)9-15/h10-11H,4-9,14H2,1-3H3. The van der Waals surface area contributed by atoms with E-state index in [-0.39, 0.29) is 11.6 Å². The van der Waals surface area contributed by atoms with Crippen molar-refractivity contribution < 1.29 is 4.39 Å². The zero-order valence-electron chi connectivity index (χ0n) is 10.3. The molecule has 3 unspecified atom stereocenters. The van der Waals surface area contributed by atoms with Crippen molar-refractivity contribution in [2.24, 2.45) is 5.73 Å². The van der Waals surface area contributed by atoms with E-state index in [0.29, 0.717) is 13.0 Å². The second kappa shape index (κ2) is 5.26. The lowest BCUT2D eigenvalue weighted by Gasteiger charge is -2.45. The zero-order valence-corrected chi connectivity index (χ0v) is 10.3. The Morgan fingerprint density at radius 1 is 1.47 bits per heavy atom. The molecule has 15 heavy (non-hydrogen) atoms. The fourth-order valence-corrected chi connectivity index (χ4v) is 2.54. The van der Waals surface area contributed by atoms with Gasteiger partial charge in [0.2, 0.25) is 0 Å². The molecule has 1 aliphatic rings. The van der Waals surface area contributed by atoms with Crippen LogP contribution >= 0.6 is 0 Å². The maximum absolute atomic E-state index is 13.3. The number of hydrogen-bond acceptors (Lipinski definition) is 2. The van der Waals surface area contributed by atoms with E-state index in [1.54, 1.807) is 0 Å². The number of hydrogen-bond donors (Lipinski definition) is 1. The predicted octanol–water partition coefficient (Wildman–Crippen LogP) is 2.33. The Morgan fingerprint density at radius 2 is 2.13 bits per heavy atom. The van der Waals surface area contributed by atoms with Gasteiger partial charge in [0, 0.05) is 24.7 Å². The minimum atomic E-state index is -0.802. The molecule has 1 fully saturated rings. The van der Waals surface area contributed by atoms with Gasteiger partial charge in [0.15, 0.2) is 0 Å². The summed E-state index contributed by atoms with van der Waals surface area (Å²) in [5.41, 5.74) is 6.01. The Morgan fingerprint density at radius 3 is 2.60 bits per heavy atom. The van der Waals surface area contributed by atoms with Crippen LogP contribution in [0.1, 0.15) is 46.5 Å². The SMILES string of the molecule is CCCC(C)(CC)N1CCC(F)C(N)C1. The van der Waals surface area contributed by atoms with Crippen molar-refractivity contribution >= 4 is 0 Å². The minimum Gasteiger partial charge on any atom is -0.324 e. The van der Waals surface area contributed by atoms with E-state index in [1.165, 1.54) is 12.8 Å². The topological polar surface area (TPSA) is 29.3 Å². The third kappa shape index (κ3) is 2.91. The van der Waals surface area contributed by atoms with Crippen LogP contribution in [0.25, 0.3) is 0 Å². The average Bonchev–Trinajstić information content (AvgIpc) is 2.22. The summed E-state index contributed by atoms with van der Waals surface area (Å²) in [6, 6.07) is -0.290. The largest absolute Gasteiger partial charge is 0.324 e. The highest BCUT2D eigenvalue weighted by molar-refractivity contribution is 4.92. The highest BCUT2D eigenvalue weighted by atomic mass is 19.1. The molecule has 0 spiro atoms. The number of rotatable bonds is 4. The highest BCUT2D eigenvalue weighted by Crippen LogP contribution is 2.28. The fourth-order valence-electron chi connectivity index (χ4n) is 2.54. The van der Waals surface area contributed by atoms with Crippen LogP contribution in [0.5, 0.6) is 0 Å². The van der Waals surface area contributed by atoms with E-state index in [9.17, 15) is 4.39 Å². The summed E-state index contributed by atoms with van der Waals surface area (Å²) in [6.45, 7) is 8.27. The lowest BCUT2D eigenvalue weighted by atomic mass is 9.88. The normalized spacial score (nSPS) is 32.6. The van der Waals surface area contributed by atoms with Crippen LogP contribution in [0.2, 0.25) is 0 Å². The first-order valence-electron chi connectivity index (χ1n) is 6.18. The van der Waals surface area contributed by atoms with E-state index in [0.717, 1.165) is 13.0 Å². The maximum Gasteiger partial charge on any atom is 0.118 e. The van der Waals surface area contributed by atoms with Gasteiger partial charge in [-0.1, -0.05) is 20.3 Å². The highest BCUT2D eigenvalue weighted by Gasteiger charge is 2.35. The molecule has 0 amide bonds. The van der Waals surface area contributed by atoms with Crippen LogP contribution < -0.4 is 5.73 Å². The van der Waals surface area contributed by atoms with Crippen molar-refractivity contribution in [3.05, 3.63) is 0 Å². The van der Waals surface area contributed by atoms with E-state index in [2.05, 4.69) is 25.7 Å². The zero-order chi connectivity index (χ0) is 11.5. The number of alkyl halides is 1. The number of likely N-dealkylation sites (tertiary alicyclic amines) is 1. The molecular weight excluding hydrogens is 191 g/mol. The van der Waals surface area contributed by atoms with Gasteiger partial charge < -0.3 is 5.73 Å². The maximum atomic E-state index is 13.3. The Bertz CT molecular complexity index is 198. The van der Waals surface area contributed by atoms with Crippen LogP contribution in [0, 0.1) is 0 Å². The molecule has 0 aromatic heterocycles. The van der Waals surface area contributed by atoms with Gasteiger partial charge in [-0.3, -0.25) is 4.90 Å². The molecule has 90 valence electrons. The van der Waals surface area contributed by atoms with Crippen LogP contribution in [0.4, 0.5) is 4.39 Å². The fraction of sp³-hybridized carbons (Fsp3) is 1.00. The summed E-state index contributed by atoms with van der Waals surface area (Å²) in [7, 11) is 0. The molecule has 0 bridgehead atoms. The molecule has 0 radical (unpaired) electrons. The molecule has 0 aromatic rings. The Labute approximate surface area is 93.0 Å². The van der Waals surface area contributed by atoms with E-state index in [1.807, 2.05) is 0 Å². The number of nitrogens with zero attached hydrogens (tertiary/aromatic N) is 1. The summed E-state index contributed by atoms with van der Waals surface area (Å²) in [4.78, 5) is 2.39. The third-order valence-electron chi connectivity index (χ3n) is 3.88. The molecule has 0 saturated carbocycles.